The number of ether oxygens (including phenoxy) is 1. The topological polar surface area (TPSA) is 41.9 Å². The second kappa shape index (κ2) is 6.26. The number of carbonyl (C=O) groups excluding carboxylic acids is 1. The quantitative estimate of drug-likeness (QED) is 0.747. The molecule has 5 heteroatoms. The highest BCUT2D eigenvalue weighted by Gasteiger charge is 2.30. The lowest BCUT2D eigenvalue weighted by atomic mass is 10.1. The van der Waals surface area contributed by atoms with Crippen LogP contribution in [0.15, 0.2) is 34.2 Å². The van der Waals surface area contributed by atoms with Crippen molar-refractivity contribution in [1.29, 1.82) is 0 Å². The zero-order valence-electron chi connectivity index (χ0n) is 13.1. The van der Waals surface area contributed by atoms with Crippen molar-refractivity contribution in [2.24, 2.45) is 4.99 Å². The maximum atomic E-state index is 12.1. The molecule has 0 bridgehead atoms. The average molecular weight is 316 g/mol. The Hall–Kier alpha value is -1.59. The smallest absolute Gasteiger partial charge is 0.286 e. The summed E-state index contributed by atoms with van der Waals surface area (Å²) in [5.74, 6) is -0.146. The van der Waals surface area contributed by atoms with Crippen LogP contribution >= 0.6 is 11.8 Å². The lowest BCUT2D eigenvalue weighted by Gasteiger charge is -2.35. The molecule has 1 aromatic carbocycles. The van der Waals surface area contributed by atoms with Crippen LogP contribution in [-0.2, 0) is 9.53 Å². The van der Waals surface area contributed by atoms with Gasteiger partial charge in [0.25, 0.3) is 5.91 Å². The van der Waals surface area contributed by atoms with Crippen molar-refractivity contribution in [3.63, 3.8) is 0 Å². The standard InChI is InChI=1S/C17H20N2O2S/c1-11-4-6-14(7-5-11)8-15-16(20)18-17(22-15)19-9-12(2)21-13(3)10-19/h4-8,12-13H,9-10H2,1-3H3/b15-8-/t12-,13+. The maximum absolute atomic E-state index is 12.1. The summed E-state index contributed by atoms with van der Waals surface area (Å²) in [4.78, 5) is 19.2. The highest BCUT2D eigenvalue weighted by atomic mass is 32.2. The first-order valence-electron chi connectivity index (χ1n) is 7.51. The molecule has 1 fully saturated rings. The molecule has 2 heterocycles. The molecule has 0 radical (unpaired) electrons. The lowest BCUT2D eigenvalue weighted by molar-refractivity contribution is -0.113. The third-order valence-corrected chi connectivity index (χ3v) is 4.72. The van der Waals surface area contributed by atoms with Crippen LogP contribution in [0.3, 0.4) is 0 Å². The molecule has 3 rings (SSSR count). The summed E-state index contributed by atoms with van der Waals surface area (Å²) < 4.78 is 5.73. The van der Waals surface area contributed by atoms with Gasteiger partial charge in [-0.15, -0.1) is 0 Å². The van der Waals surface area contributed by atoms with Gasteiger partial charge in [0, 0.05) is 13.1 Å². The Labute approximate surface area is 135 Å². The number of amidine groups is 1. The van der Waals surface area contributed by atoms with Gasteiger partial charge in [-0.2, -0.15) is 4.99 Å². The summed E-state index contributed by atoms with van der Waals surface area (Å²) in [5.41, 5.74) is 2.24. The van der Waals surface area contributed by atoms with Crippen molar-refractivity contribution in [3.8, 4) is 0 Å². The third-order valence-electron chi connectivity index (χ3n) is 3.67. The number of rotatable bonds is 1. The Morgan fingerprint density at radius 1 is 1.23 bits per heavy atom. The van der Waals surface area contributed by atoms with Crippen molar-refractivity contribution >= 4 is 28.9 Å². The predicted octanol–water partition coefficient (Wildman–Crippen LogP) is 3.07. The van der Waals surface area contributed by atoms with E-state index in [2.05, 4.69) is 9.89 Å². The van der Waals surface area contributed by atoms with Gasteiger partial charge in [-0.05, 0) is 44.2 Å². The fourth-order valence-corrected chi connectivity index (χ4v) is 3.61. The summed E-state index contributed by atoms with van der Waals surface area (Å²) in [6.07, 6.45) is 2.23. The second-order valence-electron chi connectivity index (χ2n) is 5.88. The van der Waals surface area contributed by atoms with E-state index in [-0.39, 0.29) is 18.1 Å². The highest BCUT2D eigenvalue weighted by Crippen LogP contribution is 2.31. The molecule has 0 saturated carbocycles. The minimum atomic E-state index is -0.146. The fourth-order valence-electron chi connectivity index (χ4n) is 2.68. The summed E-state index contributed by atoms with van der Waals surface area (Å²) in [5, 5.41) is 0.797. The minimum absolute atomic E-state index is 0.146. The number of hydrogen-bond acceptors (Lipinski definition) is 4. The predicted molar refractivity (Wildman–Crippen MR) is 90.8 cm³/mol. The molecule has 0 aliphatic carbocycles. The van der Waals surface area contributed by atoms with E-state index < -0.39 is 0 Å². The van der Waals surface area contributed by atoms with E-state index in [1.807, 2.05) is 51.1 Å². The van der Waals surface area contributed by atoms with E-state index in [1.165, 1.54) is 17.3 Å². The van der Waals surface area contributed by atoms with Crippen molar-refractivity contribution in [3.05, 3.63) is 40.3 Å². The van der Waals surface area contributed by atoms with Gasteiger partial charge in [-0.1, -0.05) is 29.8 Å². The molecule has 22 heavy (non-hydrogen) atoms. The number of thioether (sulfide) groups is 1. The summed E-state index contributed by atoms with van der Waals surface area (Å²) >= 11 is 1.46. The van der Waals surface area contributed by atoms with Crippen LogP contribution in [0.2, 0.25) is 0 Å². The molecule has 2 atom stereocenters. The molecule has 2 aliphatic rings. The molecule has 0 spiro atoms. The first-order valence-corrected chi connectivity index (χ1v) is 8.32. The largest absolute Gasteiger partial charge is 0.372 e. The van der Waals surface area contributed by atoms with Gasteiger partial charge in [0.1, 0.15) is 0 Å². The molecule has 2 aliphatic heterocycles. The first-order chi connectivity index (χ1) is 10.5. The van der Waals surface area contributed by atoms with E-state index in [1.54, 1.807) is 0 Å². The lowest BCUT2D eigenvalue weighted by Crippen LogP contribution is -2.47. The van der Waals surface area contributed by atoms with Gasteiger partial charge < -0.3 is 9.64 Å². The van der Waals surface area contributed by atoms with Crippen molar-refractivity contribution in [1.82, 2.24) is 4.90 Å². The van der Waals surface area contributed by atoms with Gasteiger partial charge in [0.2, 0.25) is 0 Å². The Morgan fingerprint density at radius 3 is 2.50 bits per heavy atom. The van der Waals surface area contributed by atoms with Crippen LogP contribution in [0.25, 0.3) is 6.08 Å². The van der Waals surface area contributed by atoms with Gasteiger partial charge in [-0.3, -0.25) is 4.79 Å². The van der Waals surface area contributed by atoms with Crippen LogP contribution in [0.4, 0.5) is 0 Å². The monoisotopic (exact) mass is 316 g/mol. The highest BCUT2D eigenvalue weighted by molar-refractivity contribution is 8.18. The zero-order chi connectivity index (χ0) is 15.7. The van der Waals surface area contributed by atoms with Crippen LogP contribution in [0.5, 0.6) is 0 Å². The molecule has 0 unspecified atom stereocenters. The average Bonchev–Trinajstić information content (AvgIpc) is 2.82. The number of nitrogens with zero attached hydrogens (tertiary/aromatic N) is 2. The van der Waals surface area contributed by atoms with Crippen LogP contribution in [-0.4, -0.2) is 41.3 Å². The molecule has 116 valence electrons. The summed E-state index contributed by atoms with van der Waals surface area (Å²) in [6.45, 7) is 7.71. The SMILES string of the molecule is Cc1ccc(/C=C2\SC(N3C[C@@H](C)O[C@@H](C)C3)=NC2=O)cc1. The molecule has 1 saturated heterocycles. The Kier molecular flexibility index (Phi) is 4.36. The normalized spacial score (nSPS) is 27.4. The Balaban J connectivity index is 1.74. The van der Waals surface area contributed by atoms with Crippen LogP contribution < -0.4 is 0 Å². The summed E-state index contributed by atoms with van der Waals surface area (Å²) in [7, 11) is 0. The number of aryl methyl sites for hydroxylation is 1. The molecular formula is C17H20N2O2S. The van der Waals surface area contributed by atoms with Gasteiger partial charge in [0.05, 0.1) is 17.1 Å². The Bertz CT molecular complexity index is 627. The molecule has 4 nitrogen and oxygen atoms in total. The van der Waals surface area contributed by atoms with Crippen LogP contribution in [0, 0.1) is 6.92 Å². The van der Waals surface area contributed by atoms with E-state index in [0.717, 1.165) is 23.8 Å². The maximum Gasteiger partial charge on any atom is 0.286 e. The number of morpholine rings is 1. The van der Waals surface area contributed by atoms with Gasteiger partial charge in [-0.25, -0.2) is 0 Å². The van der Waals surface area contributed by atoms with E-state index in [9.17, 15) is 4.79 Å². The minimum Gasteiger partial charge on any atom is -0.372 e. The number of carbonyl (C=O) groups is 1. The fraction of sp³-hybridized carbons (Fsp3) is 0.412. The zero-order valence-corrected chi connectivity index (χ0v) is 13.9. The molecular weight excluding hydrogens is 296 g/mol. The summed E-state index contributed by atoms with van der Waals surface area (Å²) in [6, 6.07) is 8.13. The van der Waals surface area contributed by atoms with Crippen molar-refractivity contribution in [2.45, 2.75) is 33.0 Å². The van der Waals surface area contributed by atoms with E-state index in [4.69, 9.17) is 4.74 Å². The molecule has 0 N–H and O–H groups in total. The second-order valence-corrected chi connectivity index (χ2v) is 6.89. The van der Waals surface area contributed by atoms with E-state index >= 15 is 0 Å². The third kappa shape index (κ3) is 3.42. The van der Waals surface area contributed by atoms with Crippen LogP contribution in [0.1, 0.15) is 25.0 Å². The van der Waals surface area contributed by atoms with Crippen molar-refractivity contribution in [2.75, 3.05) is 13.1 Å². The van der Waals surface area contributed by atoms with Gasteiger partial charge >= 0.3 is 0 Å². The van der Waals surface area contributed by atoms with E-state index in [0.29, 0.717) is 4.91 Å². The number of aliphatic imine (C=N–C) groups is 1. The number of benzene rings is 1. The molecule has 1 amide bonds. The Morgan fingerprint density at radius 2 is 1.86 bits per heavy atom. The first kappa shape index (κ1) is 15.3. The van der Waals surface area contributed by atoms with Gasteiger partial charge in [0.15, 0.2) is 5.17 Å². The van der Waals surface area contributed by atoms with Crippen molar-refractivity contribution < 1.29 is 9.53 Å². The molecule has 0 aromatic heterocycles. The number of amides is 1. The number of hydrogen-bond donors (Lipinski definition) is 0. The molecule has 1 aromatic rings.